The van der Waals surface area contributed by atoms with Gasteiger partial charge in [-0.15, -0.1) is 0 Å². The maximum Gasteiger partial charge on any atom is 0.417 e. The highest BCUT2D eigenvalue weighted by Gasteiger charge is 2.34. The van der Waals surface area contributed by atoms with E-state index in [-0.39, 0.29) is 24.6 Å². The summed E-state index contributed by atoms with van der Waals surface area (Å²) in [6.45, 7) is 1.06. The number of rotatable bonds is 9. The number of carbonyl (C=O) groups is 2. The lowest BCUT2D eigenvalue weighted by Crippen LogP contribution is -2.52. The molecule has 6 rings (SSSR count). The largest absolute Gasteiger partial charge is 0.417 e. The number of amides is 2. The van der Waals surface area contributed by atoms with Crippen LogP contribution in [0.3, 0.4) is 0 Å². The van der Waals surface area contributed by atoms with E-state index in [1.165, 1.54) is 35.0 Å². The lowest BCUT2D eigenvalue weighted by molar-refractivity contribution is -0.144. The summed E-state index contributed by atoms with van der Waals surface area (Å²) in [4.78, 5) is 44.0. The van der Waals surface area contributed by atoms with E-state index in [0.717, 1.165) is 40.1 Å². The Hall–Kier alpha value is -5.64. The van der Waals surface area contributed by atoms with Crippen LogP contribution in [-0.4, -0.2) is 49.2 Å². The van der Waals surface area contributed by atoms with E-state index < -0.39 is 23.7 Å². The summed E-state index contributed by atoms with van der Waals surface area (Å²) in [5.74, 6) is -0.648. The van der Waals surface area contributed by atoms with Gasteiger partial charge in [0.05, 0.1) is 11.3 Å². The van der Waals surface area contributed by atoms with Crippen LogP contribution in [0.25, 0.3) is 17.2 Å². The number of halogens is 3. The molecule has 0 saturated carbocycles. The van der Waals surface area contributed by atoms with Crippen molar-refractivity contribution < 1.29 is 22.8 Å². The highest BCUT2D eigenvalue weighted by molar-refractivity contribution is 5.95. The van der Waals surface area contributed by atoms with Gasteiger partial charge in [0.1, 0.15) is 12.4 Å². The van der Waals surface area contributed by atoms with Gasteiger partial charge in [-0.25, -0.2) is 9.97 Å². The summed E-state index contributed by atoms with van der Waals surface area (Å²) in [5.41, 5.74) is 4.99. The molecule has 0 unspecified atom stereocenters. The molecule has 3 heterocycles. The molecule has 2 aromatic heterocycles. The van der Waals surface area contributed by atoms with Gasteiger partial charge in [0.2, 0.25) is 11.8 Å². The first-order valence-corrected chi connectivity index (χ1v) is 15.5. The fourth-order valence-corrected chi connectivity index (χ4v) is 5.78. The maximum atomic E-state index is 14.5. The van der Waals surface area contributed by atoms with Crippen molar-refractivity contribution in [2.45, 2.75) is 38.1 Å². The minimum atomic E-state index is -4.52. The van der Waals surface area contributed by atoms with Gasteiger partial charge >= 0.3 is 6.18 Å². The quantitative estimate of drug-likeness (QED) is 0.165. The zero-order valence-corrected chi connectivity index (χ0v) is 25.9. The average molecular weight is 648 g/mol. The van der Waals surface area contributed by atoms with Crippen molar-refractivity contribution in [3.63, 3.8) is 0 Å². The molecule has 0 spiro atoms. The second kappa shape index (κ2) is 14.4. The molecule has 0 radical (unpaired) electrons. The summed E-state index contributed by atoms with van der Waals surface area (Å²) in [5, 5.41) is 0. The van der Waals surface area contributed by atoms with Crippen molar-refractivity contribution in [3.8, 4) is 11.1 Å². The standard InChI is InChI=1S/C38H32F3N5O2/c39-38(40,41)33-14-15-34(44-23-33)16-17-36(47)46(24-28-10-12-30(13-11-28)32-21-42-26-43-22-32)35(20-27-6-2-1-3-7-27)37(48)45-19-18-29-8-4-5-9-31(29)25-45/h1-17,21-23,26,35H,18-20,24-25H2/t35-/m0/s1. The minimum absolute atomic E-state index is 0.114. The molecule has 3 aromatic carbocycles. The number of hydrogen-bond acceptors (Lipinski definition) is 5. The predicted molar refractivity (Wildman–Crippen MR) is 176 cm³/mol. The number of carbonyl (C=O) groups excluding carboxylic acids is 2. The van der Waals surface area contributed by atoms with Crippen LogP contribution in [0.4, 0.5) is 13.2 Å². The number of alkyl halides is 3. The molecule has 0 fully saturated rings. The van der Waals surface area contributed by atoms with Gasteiger partial charge in [0, 0.05) is 56.3 Å². The molecule has 7 nitrogen and oxygen atoms in total. The lowest BCUT2D eigenvalue weighted by atomic mass is 9.97. The summed E-state index contributed by atoms with van der Waals surface area (Å²) >= 11 is 0. The van der Waals surface area contributed by atoms with Crippen LogP contribution in [-0.2, 0) is 41.7 Å². The van der Waals surface area contributed by atoms with Crippen molar-refractivity contribution in [2.24, 2.45) is 0 Å². The van der Waals surface area contributed by atoms with Gasteiger partial charge in [-0.3, -0.25) is 14.6 Å². The van der Waals surface area contributed by atoms with Crippen molar-refractivity contribution in [1.82, 2.24) is 24.8 Å². The minimum Gasteiger partial charge on any atom is -0.336 e. The van der Waals surface area contributed by atoms with Crippen LogP contribution in [0.5, 0.6) is 0 Å². The second-order valence-electron chi connectivity index (χ2n) is 11.6. The number of hydrogen-bond donors (Lipinski definition) is 0. The molecule has 0 saturated heterocycles. The van der Waals surface area contributed by atoms with Crippen LogP contribution in [0.1, 0.15) is 33.5 Å². The molecule has 0 N–H and O–H groups in total. The third-order valence-corrected chi connectivity index (χ3v) is 8.37. The first-order chi connectivity index (χ1) is 23.2. The zero-order valence-electron chi connectivity index (χ0n) is 25.9. The Morgan fingerprint density at radius 3 is 2.21 bits per heavy atom. The molecule has 5 aromatic rings. The fourth-order valence-electron chi connectivity index (χ4n) is 5.78. The third-order valence-electron chi connectivity index (χ3n) is 8.37. The number of aromatic nitrogens is 3. The highest BCUT2D eigenvalue weighted by Crippen LogP contribution is 2.29. The molecular weight excluding hydrogens is 615 g/mol. The van der Waals surface area contributed by atoms with E-state index in [0.29, 0.717) is 19.5 Å². The molecule has 48 heavy (non-hydrogen) atoms. The van der Waals surface area contributed by atoms with E-state index in [9.17, 15) is 22.8 Å². The Kier molecular flexibility index (Phi) is 9.70. The summed E-state index contributed by atoms with van der Waals surface area (Å²) in [6.07, 6.45) is 4.71. The van der Waals surface area contributed by atoms with Crippen LogP contribution < -0.4 is 0 Å². The summed E-state index contributed by atoms with van der Waals surface area (Å²) < 4.78 is 39.3. The molecule has 2 amide bonds. The van der Waals surface area contributed by atoms with Crippen LogP contribution >= 0.6 is 0 Å². The Morgan fingerprint density at radius 2 is 1.52 bits per heavy atom. The van der Waals surface area contributed by atoms with Crippen LogP contribution in [0.2, 0.25) is 0 Å². The van der Waals surface area contributed by atoms with Gasteiger partial charge in [-0.1, -0.05) is 78.9 Å². The van der Waals surface area contributed by atoms with Crippen molar-refractivity contribution in [2.75, 3.05) is 6.54 Å². The van der Waals surface area contributed by atoms with E-state index in [1.54, 1.807) is 17.3 Å². The molecular formula is C38H32F3N5O2. The second-order valence-corrected chi connectivity index (χ2v) is 11.6. The lowest BCUT2D eigenvalue weighted by Gasteiger charge is -2.37. The van der Waals surface area contributed by atoms with E-state index in [1.807, 2.05) is 72.8 Å². The first-order valence-electron chi connectivity index (χ1n) is 15.5. The number of fused-ring (bicyclic) bond motifs is 1. The SMILES string of the molecule is O=C([C@H](Cc1ccccc1)N(Cc1ccc(-c2cncnc2)cc1)C(=O)C=Cc1ccc(C(F)(F)F)cn1)N1CCc2ccccc2C1. The summed E-state index contributed by atoms with van der Waals surface area (Å²) in [6, 6.07) is 26.4. The molecule has 1 atom stereocenters. The molecule has 0 bridgehead atoms. The normalized spacial score (nSPS) is 13.6. The molecule has 1 aliphatic rings. The van der Waals surface area contributed by atoms with Crippen molar-refractivity contribution >= 4 is 17.9 Å². The Labute approximate surface area is 276 Å². The molecule has 10 heteroatoms. The molecule has 242 valence electrons. The van der Waals surface area contributed by atoms with Crippen LogP contribution in [0, 0.1) is 0 Å². The number of pyridine rings is 1. The topological polar surface area (TPSA) is 79.3 Å². The van der Waals surface area contributed by atoms with E-state index >= 15 is 0 Å². The Morgan fingerprint density at radius 1 is 0.812 bits per heavy atom. The van der Waals surface area contributed by atoms with Gasteiger partial charge in [-0.05, 0) is 52.4 Å². The van der Waals surface area contributed by atoms with Crippen molar-refractivity contribution in [1.29, 1.82) is 0 Å². The molecule has 0 aliphatic carbocycles. The van der Waals surface area contributed by atoms with Crippen molar-refractivity contribution in [3.05, 3.63) is 156 Å². The first kappa shape index (κ1) is 32.3. The van der Waals surface area contributed by atoms with E-state index in [2.05, 4.69) is 21.0 Å². The third kappa shape index (κ3) is 7.83. The Bertz CT molecular complexity index is 1880. The van der Waals surface area contributed by atoms with Crippen LogP contribution in [0.15, 0.2) is 122 Å². The van der Waals surface area contributed by atoms with E-state index in [4.69, 9.17) is 0 Å². The average Bonchev–Trinajstić information content (AvgIpc) is 3.12. The van der Waals surface area contributed by atoms with Gasteiger partial charge < -0.3 is 9.80 Å². The highest BCUT2D eigenvalue weighted by atomic mass is 19.4. The summed E-state index contributed by atoms with van der Waals surface area (Å²) in [7, 11) is 0. The van der Waals surface area contributed by atoms with Gasteiger partial charge in [-0.2, -0.15) is 13.2 Å². The monoisotopic (exact) mass is 647 g/mol. The zero-order chi connectivity index (χ0) is 33.5. The molecule has 1 aliphatic heterocycles. The predicted octanol–water partition coefficient (Wildman–Crippen LogP) is 6.80. The Balaban J connectivity index is 1.34. The van der Waals surface area contributed by atoms with Gasteiger partial charge in [0.25, 0.3) is 0 Å². The van der Waals surface area contributed by atoms with Gasteiger partial charge in [0.15, 0.2) is 0 Å². The fraction of sp³-hybridized carbons (Fsp3) is 0.184. The number of nitrogens with zero attached hydrogens (tertiary/aromatic N) is 5. The smallest absolute Gasteiger partial charge is 0.336 e. The number of benzene rings is 3. The maximum absolute atomic E-state index is 14.5.